The molecule has 0 amide bonds. The maximum atomic E-state index is 12.7. The van der Waals surface area contributed by atoms with Crippen molar-refractivity contribution in [3.05, 3.63) is 134 Å². The van der Waals surface area contributed by atoms with Crippen LogP contribution in [0.1, 0.15) is 142 Å². The lowest BCUT2D eigenvalue weighted by molar-refractivity contribution is -0.154. The molecule has 350 valence electrons. The van der Waals surface area contributed by atoms with Crippen LogP contribution in [0.15, 0.2) is 134 Å². The first kappa shape index (κ1) is 58.6. The monoisotopic (exact) mass is 883 g/mol. The number of phosphoric acid groups is 1. The molecule has 0 aromatic carbocycles. The van der Waals surface area contributed by atoms with Crippen molar-refractivity contribution in [1.82, 2.24) is 0 Å². The van der Waals surface area contributed by atoms with E-state index in [0.29, 0.717) is 13.0 Å². The van der Waals surface area contributed by atoms with Gasteiger partial charge < -0.3 is 24.6 Å². The molecule has 0 aromatic heterocycles. The molecule has 3 N–H and O–H groups in total. The molecule has 3 unspecified atom stereocenters. The molecule has 0 aliphatic heterocycles. The van der Waals surface area contributed by atoms with Crippen LogP contribution in [0, 0.1) is 0 Å². The Kier molecular flexibility index (Phi) is 44.5. The zero-order chi connectivity index (χ0) is 45.3. The van der Waals surface area contributed by atoms with Crippen LogP contribution in [0.4, 0.5) is 0 Å². The molecule has 0 aliphatic rings. The van der Waals surface area contributed by atoms with Crippen LogP contribution >= 0.6 is 7.82 Å². The van der Waals surface area contributed by atoms with Gasteiger partial charge in [-0.05, 0) is 109 Å². The zero-order valence-electron chi connectivity index (χ0n) is 38.3. The number of hydrogen-bond donors (Lipinski definition) is 3. The Morgan fingerprint density at radius 2 is 0.871 bits per heavy atom. The average Bonchev–Trinajstić information content (AvgIpc) is 3.26. The van der Waals surface area contributed by atoms with E-state index in [0.717, 1.165) is 116 Å². The number of aliphatic hydroxyl groups excluding tert-OH is 2. The molecule has 0 saturated heterocycles. The number of ether oxygens (including phenoxy) is 2. The van der Waals surface area contributed by atoms with E-state index in [1.165, 1.54) is 0 Å². The van der Waals surface area contributed by atoms with Gasteiger partial charge in [0.15, 0.2) is 0 Å². The van der Waals surface area contributed by atoms with Gasteiger partial charge in [-0.15, -0.1) is 0 Å². The Morgan fingerprint density at radius 3 is 1.29 bits per heavy atom. The lowest BCUT2D eigenvalue weighted by Gasteiger charge is -2.20. The fourth-order valence-electron chi connectivity index (χ4n) is 5.38. The second kappa shape index (κ2) is 47.1. The van der Waals surface area contributed by atoms with Gasteiger partial charge in [-0.1, -0.05) is 160 Å². The number of carbonyl (C=O) groups excluding carboxylic acids is 1. The zero-order valence-corrected chi connectivity index (χ0v) is 39.2. The predicted molar refractivity (Wildman–Crippen MR) is 260 cm³/mol. The molecule has 0 aliphatic carbocycles. The van der Waals surface area contributed by atoms with Gasteiger partial charge in [-0.2, -0.15) is 0 Å². The number of carbonyl (C=O) groups is 1. The molecule has 0 spiro atoms. The smallest absolute Gasteiger partial charge is 0.457 e. The summed E-state index contributed by atoms with van der Waals surface area (Å²) in [6.07, 6.45) is 64.2. The van der Waals surface area contributed by atoms with Crippen molar-refractivity contribution in [1.29, 1.82) is 0 Å². The second-order valence-electron chi connectivity index (χ2n) is 14.7. The van der Waals surface area contributed by atoms with Crippen LogP contribution in [0.5, 0.6) is 0 Å². The van der Waals surface area contributed by atoms with E-state index < -0.39 is 45.8 Å². The molecule has 0 radical (unpaired) electrons. The predicted octanol–water partition coefficient (Wildman–Crippen LogP) is 13.4. The molecule has 0 bridgehead atoms. The summed E-state index contributed by atoms with van der Waals surface area (Å²) in [5, 5.41) is 18.4. The van der Waals surface area contributed by atoms with E-state index in [1.807, 2.05) is 0 Å². The molecule has 3 atom stereocenters. The van der Waals surface area contributed by atoms with Gasteiger partial charge in [0.1, 0.15) is 12.2 Å². The summed E-state index contributed by atoms with van der Waals surface area (Å²) in [6.45, 7) is 3.10. The minimum atomic E-state index is -4.55. The maximum absolute atomic E-state index is 12.7. The van der Waals surface area contributed by atoms with Crippen LogP contribution in [-0.2, 0) is 27.9 Å². The lowest BCUT2D eigenvalue weighted by atomic mass is 10.1. The summed E-state index contributed by atoms with van der Waals surface area (Å²) in [6, 6.07) is 0. The van der Waals surface area contributed by atoms with Gasteiger partial charge in [0, 0.05) is 13.0 Å². The first-order valence-corrected chi connectivity index (χ1v) is 24.7. The molecule has 0 fully saturated rings. The van der Waals surface area contributed by atoms with Gasteiger partial charge in [0.25, 0.3) is 0 Å². The lowest BCUT2D eigenvalue weighted by Crippen LogP contribution is -2.29. The largest absolute Gasteiger partial charge is 0.472 e. The van der Waals surface area contributed by atoms with Gasteiger partial charge in [0.2, 0.25) is 0 Å². The Morgan fingerprint density at radius 1 is 0.500 bits per heavy atom. The molecule has 10 heteroatoms. The molecule has 0 aromatic rings. The first-order chi connectivity index (χ1) is 30.3. The SMILES string of the molecule is CC/C=C\C/C=C\C/C=C\C/C=C\C/C=C\C/C=C\CCCCCCC(=O)OC(COCCCC/C=C\C/C=C\C/C=C\C/C=C\C/C=C\CC)COP(=O)(O)OCC(O)CO. The van der Waals surface area contributed by atoms with Crippen molar-refractivity contribution < 1.29 is 43.0 Å². The highest BCUT2D eigenvalue weighted by Crippen LogP contribution is 2.43. The Labute approximate surface area is 376 Å². The number of esters is 1. The topological polar surface area (TPSA) is 132 Å². The van der Waals surface area contributed by atoms with Gasteiger partial charge in [-0.25, -0.2) is 4.57 Å². The number of aliphatic hydroxyl groups is 2. The third-order valence-corrected chi connectivity index (χ3v) is 9.78. The van der Waals surface area contributed by atoms with E-state index in [9.17, 15) is 19.4 Å². The van der Waals surface area contributed by atoms with Crippen molar-refractivity contribution in [2.24, 2.45) is 0 Å². The number of hydrogen-bond acceptors (Lipinski definition) is 8. The summed E-state index contributed by atoms with van der Waals surface area (Å²) in [5.74, 6) is -0.429. The van der Waals surface area contributed by atoms with Gasteiger partial charge in [0.05, 0.1) is 26.4 Å². The molecule has 62 heavy (non-hydrogen) atoms. The van der Waals surface area contributed by atoms with Crippen molar-refractivity contribution >= 4 is 13.8 Å². The minimum absolute atomic E-state index is 0.00136. The van der Waals surface area contributed by atoms with Crippen LogP contribution in [-0.4, -0.2) is 66.3 Å². The summed E-state index contributed by atoms with van der Waals surface area (Å²) in [7, 11) is -4.55. The van der Waals surface area contributed by atoms with Crippen LogP contribution < -0.4 is 0 Å². The third-order valence-electron chi connectivity index (χ3n) is 8.83. The van der Waals surface area contributed by atoms with Crippen LogP contribution in [0.2, 0.25) is 0 Å². The van der Waals surface area contributed by atoms with Gasteiger partial charge in [-0.3, -0.25) is 13.8 Å². The average molecular weight is 883 g/mol. The van der Waals surface area contributed by atoms with Crippen LogP contribution in [0.25, 0.3) is 0 Å². The summed E-state index contributed by atoms with van der Waals surface area (Å²) in [4.78, 5) is 22.6. The van der Waals surface area contributed by atoms with Crippen molar-refractivity contribution in [2.45, 2.75) is 154 Å². The van der Waals surface area contributed by atoms with Crippen LogP contribution in [0.3, 0.4) is 0 Å². The highest BCUT2D eigenvalue weighted by Gasteiger charge is 2.26. The fourth-order valence-corrected chi connectivity index (χ4v) is 6.17. The molecular weight excluding hydrogens is 800 g/mol. The molecule has 0 heterocycles. The Bertz CT molecular complexity index is 1420. The summed E-state index contributed by atoms with van der Waals surface area (Å²) in [5.41, 5.74) is 0. The van der Waals surface area contributed by atoms with Crippen molar-refractivity contribution in [3.63, 3.8) is 0 Å². The summed E-state index contributed by atoms with van der Waals surface area (Å²) < 4.78 is 33.3. The Hall–Kier alpha value is -3.40. The number of phosphoric ester groups is 1. The van der Waals surface area contributed by atoms with Crippen molar-refractivity contribution in [3.8, 4) is 0 Å². The quantitative estimate of drug-likeness (QED) is 0.0237. The van der Waals surface area contributed by atoms with E-state index in [-0.39, 0.29) is 13.0 Å². The summed E-state index contributed by atoms with van der Waals surface area (Å²) >= 11 is 0. The minimum Gasteiger partial charge on any atom is -0.457 e. The molecule has 9 nitrogen and oxygen atoms in total. The maximum Gasteiger partial charge on any atom is 0.472 e. The van der Waals surface area contributed by atoms with E-state index in [2.05, 4.69) is 148 Å². The van der Waals surface area contributed by atoms with E-state index >= 15 is 0 Å². The molecular formula is C52H83O9P. The first-order valence-electron chi connectivity index (χ1n) is 23.2. The highest BCUT2D eigenvalue weighted by molar-refractivity contribution is 7.47. The normalized spacial score (nSPS) is 15.1. The highest BCUT2D eigenvalue weighted by atomic mass is 31.2. The van der Waals surface area contributed by atoms with E-state index in [4.69, 9.17) is 23.6 Å². The van der Waals surface area contributed by atoms with Gasteiger partial charge >= 0.3 is 13.8 Å². The molecule has 0 saturated carbocycles. The Balaban J connectivity index is 4.32. The fraction of sp³-hybridized carbons (Fsp3) is 0.558. The van der Waals surface area contributed by atoms with E-state index in [1.54, 1.807) is 0 Å². The third kappa shape index (κ3) is 46.1. The number of unbranched alkanes of at least 4 members (excludes halogenated alkanes) is 6. The molecule has 0 rings (SSSR count). The number of rotatable bonds is 42. The standard InChI is InChI=1S/C52H83O9P/c1-3-5-7-9-11-13-15-17-19-21-23-24-25-26-27-28-30-32-34-36-38-40-42-44-52(55)61-51(49-60-62(56,57)59-47-50(54)46-53)48-58-45-43-41-39-37-35-33-31-29-22-20-18-16-14-12-10-8-6-4-2/h5-8,11-14,17-20,23-24,26-27,29-32,35,37,50-51,53-54H,3-4,9-10,15-16,21-22,25,28,33-34,36,38-49H2,1-2H3,(H,56,57)/b7-5-,8-6-,13-11-,14-12-,19-17-,20-18-,24-23-,27-26-,31-29-,32-30-,37-35-. The van der Waals surface area contributed by atoms with Crippen molar-refractivity contribution in [2.75, 3.05) is 33.0 Å². The second-order valence-corrected chi connectivity index (χ2v) is 16.1. The number of allylic oxidation sites excluding steroid dienone is 22.